The molecule has 8 nitrogen and oxygen atoms in total. The number of hydrogen-bond acceptors (Lipinski definition) is 7. The summed E-state index contributed by atoms with van der Waals surface area (Å²) in [6.45, 7) is 1.75. The predicted octanol–water partition coefficient (Wildman–Crippen LogP) is 2.11. The van der Waals surface area contributed by atoms with E-state index in [4.69, 9.17) is 0 Å². The number of anilines is 1. The van der Waals surface area contributed by atoms with E-state index in [2.05, 4.69) is 36.5 Å². The number of nitrogens with zero attached hydrogens (tertiary/aromatic N) is 4. The summed E-state index contributed by atoms with van der Waals surface area (Å²) in [7, 11) is 0. The second-order valence-electron chi connectivity index (χ2n) is 4.68. The zero-order chi connectivity index (χ0) is 17.3. The average molecular weight is 408 g/mol. The van der Waals surface area contributed by atoms with Crippen LogP contribution in [0.3, 0.4) is 0 Å². The van der Waals surface area contributed by atoms with Crippen molar-refractivity contribution in [3.8, 4) is 11.4 Å². The molecule has 0 spiro atoms. The number of carbonyl (C=O) groups excluding carboxylic acids is 1. The fourth-order valence-corrected chi connectivity index (χ4v) is 2.73. The smallest absolute Gasteiger partial charge is 0.281 e. The molecule has 10 heteroatoms. The molecule has 3 aromatic rings. The minimum atomic E-state index is -0.686. The third kappa shape index (κ3) is 3.34. The largest absolute Gasteiger partial charge is 0.505 e. The molecule has 0 saturated carbocycles. The number of aromatic nitrogens is 4. The molecule has 0 atom stereocenters. The van der Waals surface area contributed by atoms with E-state index in [-0.39, 0.29) is 10.8 Å². The topological polar surface area (TPSA) is 110 Å². The molecular formula is C14H10BrN5O3S. The number of rotatable bonds is 3. The summed E-state index contributed by atoms with van der Waals surface area (Å²) in [4.78, 5) is 24.3. The zero-order valence-electron chi connectivity index (χ0n) is 12.2. The summed E-state index contributed by atoms with van der Waals surface area (Å²) in [6, 6.07) is 7.73. The molecule has 2 N–H and O–H groups in total. The molecule has 0 unspecified atom stereocenters. The summed E-state index contributed by atoms with van der Waals surface area (Å²) in [5.41, 5.74) is -0.382. The maximum Gasteiger partial charge on any atom is 0.281 e. The highest BCUT2D eigenvalue weighted by molar-refractivity contribution is 9.10. The first-order valence-electron chi connectivity index (χ1n) is 6.65. The van der Waals surface area contributed by atoms with Crippen LogP contribution in [0.15, 0.2) is 39.6 Å². The van der Waals surface area contributed by atoms with E-state index in [0.717, 1.165) is 15.2 Å². The van der Waals surface area contributed by atoms with Crippen LogP contribution < -0.4 is 10.9 Å². The Morgan fingerprint density at radius 2 is 2.00 bits per heavy atom. The molecule has 1 aromatic carbocycles. The van der Waals surface area contributed by atoms with Gasteiger partial charge in [-0.2, -0.15) is 9.78 Å². The third-order valence-corrected chi connectivity index (χ3v) is 4.23. The van der Waals surface area contributed by atoms with Crippen LogP contribution in [-0.2, 0) is 0 Å². The van der Waals surface area contributed by atoms with Crippen LogP contribution in [0.4, 0.5) is 5.13 Å². The van der Waals surface area contributed by atoms with E-state index in [9.17, 15) is 14.7 Å². The molecule has 0 bridgehead atoms. The fourth-order valence-electron chi connectivity index (χ4n) is 1.88. The van der Waals surface area contributed by atoms with Crippen molar-refractivity contribution in [2.75, 3.05) is 5.32 Å². The molecule has 0 aliphatic rings. The van der Waals surface area contributed by atoms with Crippen LogP contribution in [-0.4, -0.2) is 31.0 Å². The van der Waals surface area contributed by atoms with Crippen molar-refractivity contribution in [1.29, 1.82) is 0 Å². The molecule has 1 amide bonds. The third-order valence-electron chi connectivity index (χ3n) is 2.94. The second-order valence-corrected chi connectivity index (χ2v) is 6.78. The van der Waals surface area contributed by atoms with Crippen LogP contribution >= 0.6 is 27.3 Å². The Kier molecular flexibility index (Phi) is 4.40. The van der Waals surface area contributed by atoms with E-state index in [1.807, 2.05) is 0 Å². The second kappa shape index (κ2) is 6.49. The maximum absolute atomic E-state index is 12.3. The molecule has 0 aliphatic heterocycles. The van der Waals surface area contributed by atoms with Gasteiger partial charge in [-0.05, 0) is 31.2 Å². The number of aromatic hydroxyl groups is 1. The Morgan fingerprint density at radius 3 is 2.62 bits per heavy atom. The van der Waals surface area contributed by atoms with Gasteiger partial charge in [-0.15, -0.1) is 10.2 Å². The van der Waals surface area contributed by atoms with Gasteiger partial charge in [-0.25, -0.2) is 0 Å². The van der Waals surface area contributed by atoms with Crippen molar-refractivity contribution in [3.63, 3.8) is 0 Å². The van der Waals surface area contributed by atoms with E-state index < -0.39 is 17.2 Å². The van der Waals surface area contributed by atoms with Gasteiger partial charge in [0.1, 0.15) is 5.01 Å². The Morgan fingerprint density at radius 1 is 1.29 bits per heavy atom. The predicted molar refractivity (Wildman–Crippen MR) is 91.8 cm³/mol. The van der Waals surface area contributed by atoms with Gasteiger partial charge in [-0.3, -0.25) is 14.9 Å². The van der Waals surface area contributed by atoms with Gasteiger partial charge in [0.2, 0.25) is 5.13 Å². The van der Waals surface area contributed by atoms with Crippen LogP contribution in [0.5, 0.6) is 5.75 Å². The van der Waals surface area contributed by atoms with Gasteiger partial charge in [-0.1, -0.05) is 27.3 Å². The summed E-state index contributed by atoms with van der Waals surface area (Å²) in [5.74, 6) is -1.19. The van der Waals surface area contributed by atoms with Crippen LogP contribution in [0.2, 0.25) is 0 Å². The van der Waals surface area contributed by atoms with Gasteiger partial charge in [0, 0.05) is 10.5 Å². The summed E-state index contributed by atoms with van der Waals surface area (Å²) in [5, 5.41) is 24.8. The van der Waals surface area contributed by atoms with E-state index >= 15 is 0 Å². The lowest BCUT2D eigenvalue weighted by Gasteiger charge is -2.08. The standard InChI is InChI=1S/C14H10BrN5O3S/c1-7-17-18-14(24-7)16-13(23)12-10(21)6-11(22)20(19-12)9-4-2-8(15)3-5-9/h2-6,21H,1H3,(H,16,18,23). The van der Waals surface area contributed by atoms with E-state index in [0.29, 0.717) is 10.7 Å². The minimum Gasteiger partial charge on any atom is -0.505 e. The quantitative estimate of drug-likeness (QED) is 0.687. The Balaban J connectivity index is 1.99. The van der Waals surface area contributed by atoms with Gasteiger partial charge in [0.25, 0.3) is 11.5 Å². The highest BCUT2D eigenvalue weighted by Gasteiger charge is 2.18. The highest BCUT2D eigenvalue weighted by Crippen LogP contribution is 2.18. The lowest BCUT2D eigenvalue weighted by atomic mass is 10.3. The Bertz CT molecular complexity index is 967. The minimum absolute atomic E-state index is 0.278. The summed E-state index contributed by atoms with van der Waals surface area (Å²) < 4.78 is 1.87. The molecule has 2 heterocycles. The maximum atomic E-state index is 12.3. The number of hydrogen-bond donors (Lipinski definition) is 2. The van der Waals surface area contributed by atoms with Crippen LogP contribution in [0, 0.1) is 6.92 Å². The van der Waals surface area contributed by atoms with Gasteiger partial charge in [0.15, 0.2) is 11.4 Å². The molecule has 2 aromatic heterocycles. The number of benzene rings is 1. The molecule has 24 heavy (non-hydrogen) atoms. The average Bonchev–Trinajstić information content (AvgIpc) is 2.93. The van der Waals surface area contributed by atoms with Crippen molar-refractivity contribution in [2.45, 2.75) is 6.92 Å². The highest BCUT2D eigenvalue weighted by atomic mass is 79.9. The Hall–Kier alpha value is -2.59. The van der Waals surface area contributed by atoms with E-state index in [1.54, 1.807) is 31.2 Å². The fraction of sp³-hybridized carbons (Fsp3) is 0.0714. The SMILES string of the molecule is Cc1nnc(NC(=O)c2nn(-c3ccc(Br)cc3)c(=O)cc2O)s1. The molecule has 122 valence electrons. The monoisotopic (exact) mass is 407 g/mol. The molecule has 3 rings (SSSR count). The number of amides is 1. The normalized spacial score (nSPS) is 10.6. The number of halogens is 1. The van der Waals surface area contributed by atoms with Gasteiger partial charge < -0.3 is 5.11 Å². The summed E-state index contributed by atoms with van der Waals surface area (Å²) in [6.07, 6.45) is 0. The van der Waals surface area contributed by atoms with Crippen LogP contribution in [0.25, 0.3) is 5.69 Å². The molecule has 0 saturated heterocycles. The van der Waals surface area contributed by atoms with Crippen molar-refractivity contribution < 1.29 is 9.90 Å². The van der Waals surface area contributed by atoms with Crippen molar-refractivity contribution in [3.05, 3.63) is 55.9 Å². The van der Waals surface area contributed by atoms with Crippen molar-refractivity contribution >= 4 is 38.3 Å². The Labute approximate surface area is 147 Å². The number of nitrogens with one attached hydrogen (secondary N) is 1. The van der Waals surface area contributed by atoms with Gasteiger partial charge in [0.05, 0.1) is 5.69 Å². The number of aryl methyl sites for hydroxylation is 1. The molecule has 0 aliphatic carbocycles. The number of carbonyl (C=O) groups is 1. The van der Waals surface area contributed by atoms with Crippen molar-refractivity contribution in [2.24, 2.45) is 0 Å². The lowest BCUT2D eigenvalue weighted by Crippen LogP contribution is -2.25. The lowest BCUT2D eigenvalue weighted by molar-refractivity contribution is 0.101. The molecule has 0 fully saturated rings. The molecular weight excluding hydrogens is 398 g/mol. The summed E-state index contributed by atoms with van der Waals surface area (Å²) >= 11 is 4.49. The first kappa shape index (κ1) is 16.3. The zero-order valence-corrected chi connectivity index (χ0v) is 14.6. The van der Waals surface area contributed by atoms with Gasteiger partial charge >= 0.3 is 0 Å². The van der Waals surface area contributed by atoms with Crippen LogP contribution in [0.1, 0.15) is 15.5 Å². The first-order chi connectivity index (χ1) is 11.4. The first-order valence-corrected chi connectivity index (χ1v) is 8.26. The van der Waals surface area contributed by atoms with Crippen molar-refractivity contribution in [1.82, 2.24) is 20.0 Å². The van der Waals surface area contributed by atoms with E-state index in [1.165, 1.54) is 11.3 Å². The molecule has 0 radical (unpaired) electrons.